The Bertz CT molecular complexity index is 983. The fourth-order valence-electron chi connectivity index (χ4n) is 2.10. The standard InChI is InChI=1S/C20H13BrClIN2O2/c1-3-6-27-19-16(21)8-13(9-18(19)23)7-14(11-24)20(26)25-15-5-4-12(2)17(22)10-15/h1,4-5,7-10H,6H2,2H3,(H,25,26)/b14-7-. The van der Waals surface area contributed by atoms with Gasteiger partial charge in [-0.05, 0) is 86.9 Å². The fraction of sp³-hybridized carbons (Fsp3) is 0.100. The van der Waals surface area contributed by atoms with Gasteiger partial charge in [0.05, 0.1) is 8.04 Å². The van der Waals surface area contributed by atoms with E-state index in [1.807, 2.05) is 13.0 Å². The molecule has 0 aliphatic rings. The normalized spacial score (nSPS) is 10.7. The Kier molecular flexibility index (Phi) is 7.73. The number of ether oxygens (including phenoxy) is 1. The number of benzene rings is 2. The lowest BCUT2D eigenvalue weighted by Gasteiger charge is -2.10. The van der Waals surface area contributed by atoms with Crippen molar-refractivity contribution < 1.29 is 9.53 Å². The highest BCUT2D eigenvalue weighted by Crippen LogP contribution is 2.32. The van der Waals surface area contributed by atoms with Crippen LogP contribution in [0.2, 0.25) is 5.02 Å². The highest BCUT2D eigenvalue weighted by atomic mass is 127. The fourth-order valence-corrected chi connectivity index (χ4v) is 4.05. The van der Waals surface area contributed by atoms with Gasteiger partial charge in [0.1, 0.15) is 24.0 Å². The molecule has 0 saturated carbocycles. The van der Waals surface area contributed by atoms with Crippen LogP contribution in [-0.4, -0.2) is 12.5 Å². The molecule has 0 fully saturated rings. The summed E-state index contributed by atoms with van der Waals surface area (Å²) in [5, 5.41) is 12.6. The Balaban J connectivity index is 2.27. The summed E-state index contributed by atoms with van der Waals surface area (Å²) in [6.07, 6.45) is 6.72. The van der Waals surface area contributed by atoms with Crippen LogP contribution in [0.25, 0.3) is 6.08 Å². The van der Waals surface area contributed by atoms with E-state index in [1.165, 1.54) is 6.08 Å². The zero-order valence-corrected chi connectivity index (χ0v) is 18.6. The molecule has 136 valence electrons. The van der Waals surface area contributed by atoms with Crippen molar-refractivity contribution in [3.63, 3.8) is 0 Å². The number of terminal acetylenes is 1. The lowest BCUT2D eigenvalue weighted by molar-refractivity contribution is -0.112. The molecule has 2 rings (SSSR count). The first-order valence-corrected chi connectivity index (χ1v) is 9.85. The quantitative estimate of drug-likeness (QED) is 0.227. The van der Waals surface area contributed by atoms with Crippen LogP contribution in [0.4, 0.5) is 5.69 Å². The zero-order valence-electron chi connectivity index (χ0n) is 14.1. The van der Waals surface area contributed by atoms with Gasteiger partial charge in [-0.15, -0.1) is 6.42 Å². The predicted octanol–water partition coefficient (Wildman–Crippen LogP) is 5.57. The largest absolute Gasteiger partial charge is 0.479 e. The summed E-state index contributed by atoms with van der Waals surface area (Å²) in [5.41, 5.74) is 2.06. The first kappa shape index (κ1) is 21.3. The third-order valence-electron chi connectivity index (χ3n) is 3.43. The summed E-state index contributed by atoms with van der Waals surface area (Å²) < 4.78 is 6.96. The van der Waals surface area contributed by atoms with Crippen LogP contribution in [-0.2, 0) is 4.79 Å². The number of aryl methyl sites for hydroxylation is 1. The van der Waals surface area contributed by atoms with Gasteiger partial charge in [-0.3, -0.25) is 4.79 Å². The Morgan fingerprint density at radius 1 is 1.44 bits per heavy atom. The van der Waals surface area contributed by atoms with Gasteiger partial charge in [-0.2, -0.15) is 5.26 Å². The topological polar surface area (TPSA) is 62.1 Å². The molecule has 27 heavy (non-hydrogen) atoms. The Hall–Kier alpha value is -2.00. The van der Waals surface area contributed by atoms with E-state index < -0.39 is 5.91 Å². The summed E-state index contributed by atoms with van der Waals surface area (Å²) in [6.45, 7) is 2.01. The number of nitriles is 1. The van der Waals surface area contributed by atoms with Crippen LogP contribution >= 0.6 is 50.1 Å². The van der Waals surface area contributed by atoms with Crippen molar-refractivity contribution in [1.82, 2.24) is 0 Å². The number of nitrogens with zero attached hydrogens (tertiary/aromatic N) is 1. The number of amides is 1. The molecule has 0 heterocycles. The third kappa shape index (κ3) is 5.74. The number of anilines is 1. The lowest BCUT2D eigenvalue weighted by Crippen LogP contribution is -2.13. The van der Waals surface area contributed by atoms with E-state index in [0.29, 0.717) is 26.5 Å². The second-order valence-electron chi connectivity index (χ2n) is 5.39. The third-order valence-corrected chi connectivity index (χ3v) is 5.22. The molecular formula is C20H13BrClIN2O2. The van der Waals surface area contributed by atoms with Crippen LogP contribution in [0.3, 0.4) is 0 Å². The van der Waals surface area contributed by atoms with E-state index in [2.05, 4.69) is 49.8 Å². The minimum atomic E-state index is -0.517. The molecule has 0 radical (unpaired) electrons. The summed E-state index contributed by atoms with van der Waals surface area (Å²) >= 11 is 11.6. The Morgan fingerprint density at radius 3 is 2.78 bits per heavy atom. The van der Waals surface area contributed by atoms with Gasteiger partial charge in [0.25, 0.3) is 5.91 Å². The highest BCUT2D eigenvalue weighted by Gasteiger charge is 2.13. The van der Waals surface area contributed by atoms with Crippen molar-refractivity contribution in [2.45, 2.75) is 6.92 Å². The maximum Gasteiger partial charge on any atom is 0.266 e. The van der Waals surface area contributed by atoms with E-state index in [0.717, 1.165) is 9.13 Å². The minimum absolute atomic E-state index is 0.0355. The molecule has 7 heteroatoms. The average molecular weight is 556 g/mol. The van der Waals surface area contributed by atoms with E-state index in [4.69, 9.17) is 22.8 Å². The predicted molar refractivity (Wildman–Crippen MR) is 120 cm³/mol. The first-order valence-electron chi connectivity index (χ1n) is 7.60. The molecule has 0 spiro atoms. The number of carbonyl (C=O) groups is 1. The molecule has 0 saturated heterocycles. The van der Waals surface area contributed by atoms with E-state index in [1.54, 1.807) is 30.3 Å². The summed E-state index contributed by atoms with van der Waals surface area (Å²) in [4.78, 5) is 12.4. The van der Waals surface area contributed by atoms with Gasteiger partial charge in [0.15, 0.2) is 0 Å². The molecule has 4 nitrogen and oxygen atoms in total. The van der Waals surface area contributed by atoms with Crippen molar-refractivity contribution in [1.29, 1.82) is 5.26 Å². The summed E-state index contributed by atoms with van der Waals surface area (Å²) in [6, 6.07) is 10.6. The smallest absolute Gasteiger partial charge is 0.266 e. The molecule has 0 unspecified atom stereocenters. The molecule has 0 atom stereocenters. The number of hydrogen-bond acceptors (Lipinski definition) is 3. The first-order chi connectivity index (χ1) is 12.8. The molecule has 2 aromatic carbocycles. The van der Waals surface area contributed by atoms with Crippen molar-refractivity contribution in [2.24, 2.45) is 0 Å². The van der Waals surface area contributed by atoms with Gasteiger partial charge in [-0.1, -0.05) is 23.6 Å². The van der Waals surface area contributed by atoms with Crippen molar-refractivity contribution in [3.8, 4) is 24.2 Å². The van der Waals surface area contributed by atoms with Gasteiger partial charge >= 0.3 is 0 Å². The van der Waals surface area contributed by atoms with E-state index >= 15 is 0 Å². The Morgan fingerprint density at radius 2 is 2.19 bits per heavy atom. The maximum atomic E-state index is 12.4. The van der Waals surface area contributed by atoms with E-state index in [9.17, 15) is 10.1 Å². The monoisotopic (exact) mass is 554 g/mol. The number of nitrogens with one attached hydrogen (secondary N) is 1. The minimum Gasteiger partial charge on any atom is -0.479 e. The molecule has 0 aromatic heterocycles. The highest BCUT2D eigenvalue weighted by molar-refractivity contribution is 14.1. The van der Waals surface area contributed by atoms with Crippen LogP contribution < -0.4 is 10.1 Å². The second kappa shape index (κ2) is 9.80. The van der Waals surface area contributed by atoms with Gasteiger partial charge in [0.2, 0.25) is 0 Å². The SMILES string of the molecule is C#CCOc1c(Br)cc(/C=C(/C#N)C(=O)Nc2ccc(C)c(Cl)c2)cc1I. The van der Waals surface area contributed by atoms with Crippen molar-refractivity contribution in [3.05, 3.63) is 60.1 Å². The summed E-state index contributed by atoms with van der Waals surface area (Å²) in [7, 11) is 0. The maximum absolute atomic E-state index is 12.4. The molecular weight excluding hydrogens is 542 g/mol. The second-order valence-corrected chi connectivity index (χ2v) is 7.82. The summed E-state index contributed by atoms with van der Waals surface area (Å²) in [5.74, 6) is 2.50. The average Bonchev–Trinajstić information content (AvgIpc) is 2.62. The lowest BCUT2D eigenvalue weighted by atomic mass is 10.1. The number of carbonyl (C=O) groups excluding carboxylic acids is 1. The van der Waals surface area contributed by atoms with Crippen LogP contribution in [0, 0.1) is 34.2 Å². The van der Waals surface area contributed by atoms with Crippen molar-refractivity contribution in [2.75, 3.05) is 11.9 Å². The van der Waals surface area contributed by atoms with Crippen molar-refractivity contribution >= 4 is 67.8 Å². The number of halogens is 3. The van der Waals surface area contributed by atoms with Gasteiger partial charge in [0, 0.05) is 10.7 Å². The van der Waals surface area contributed by atoms with Crippen LogP contribution in [0.15, 0.2) is 40.4 Å². The van der Waals surface area contributed by atoms with Gasteiger partial charge in [-0.25, -0.2) is 0 Å². The van der Waals surface area contributed by atoms with Crippen LogP contribution in [0.5, 0.6) is 5.75 Å². The molecule has 1 amide bonds. The Labute approximate surface area is 184 Å². The number of hydrogen-bond donors (Lipinski definition) is 1. The zero-order chi connectivity index (χ0) is 20.0. The molecule has 1 N–H and O–H groups in total. The van der Waals surface area contributed by atoms with E-state index in [-0.39, 0.29) is 12.2 Å². The molecule has 0 aliphatic carbocycles. The van der Waals surface area contributed by atoms with Crippen LogP contribution in [0.1, 0.15) is 11.1 Å². The molecule has 2 aromatic rings. The van der Waals surface area contributed by atoms with Gasteiger partial charge < -0.3 is 10.1 Å². The number of rotatable bonds is 5. The molecule has 0 bridgehead atoms. The molecule has 0 aliphatic heterocycles.